The Kier molecular flexibility index (Phi) is 5.83. The molecule has 5 nitrogen and oxygen atoms in total. The quantitative estimate of drug-likeness (QED) is 0.831. The smallest absolute Gasteiger partial charge is 0.412 e. The van der Waals surface area contributed by atoms with Gasteiger partial charge >= 0.3 is 12.1 Å². The number of thiophene rings is 1. The lowest BCUT2D eigenvalue weighted by Crippen LogP contribution is -2.17. The van der Waals surface area contributed by atoms with E-state index >= 15 is 0 Å². The molecule has 0 saturated carbocycles. The lowest BCUT2D eigenvalue weighted by atomic mass is 9.86. The summed E-state index contributed by atoms with van der Waals surface area (Å²) in [6.45, 7) is 6.33. The molecule has 1 unspecified atom stereocenters. The normalized spacial score (nSPS) is 16.8. The molecule has 22 heavy (non-hydrogen) atoms. The highest BCUT2D eigenvalue weighted by Crippen LogP contribution is 2.40. The molecule has 1 amide bonds. The number of ether oxygens (including phenoxy) is 2. The SMILES string of the molecule is CCOC(=O)Nc1sc2c(c1C(=O)OCC)CCC(CC)C2. The number of fused-ring (bicyclic) bond motifs is 1. The summed E-state index contributed by atoms with van der Waals surface area (Å²) in [4.78, 5) is 25.2. The van der Waals surface area contributed by atoms with Gasteiger partial charge in [0, 0.05) is 4.88 Å². The number of rotatable bonds is 5. The summed E-state index contributed by atoms with van der Waals surface area (Å²) in [6, 6.07) is 0. The van der Waals surface area contributed by atoms with Crippen LogP contribution in [0.2, 0.25) is 0 Å². The summed E-state index contributed by atoms with van der Waals surface area (Å²) in [6.07, 6.45) is 3.51. The molecule has 1 heterocycles. The Morgan fingerprint density at radius 3 is 2.59 bits per heavy atom. The fourth-order valence-corrected chi connectivity index (χ4v) is 4.11. The van der Waals surface area contributed by atoms with Crippen LogP contribution < -0.4 is 5.32 Å². The first-order valence-corrected chi connectivity index (χ1v) is 8.67. The van der Waals surface area contributed by atoms with Crippen LogP contribution in [0.1, 0.15) is 54.4 Å². The number of esters is 1. The number of carbonyl (C=O) groups is 2. The third kappa shape index (κ3) is 3.61. The van der Waals surface area contributed by atoms with Crippen molar-refractivity contribution in [1.82, 2.24) is 0 Å². The average Bonchev–Trinajstić information content (AvgIpc) is 2.84. The van der Waals surface area contributed by atoms with Gasteiger partial charge < -0.3 is 9.47 Å². The molecule has 1 aromatic heterocycles. The van der Waals surface area contributed by atoms with Crippen molar-refractivity contribution < 1.29 is 19.1 Å². The second-order valence-electron chi connectivity index (χ2n) is 5.29. The van der Waals surface area contributed by atoms with E-state index in [4.69, 9.17) is 9.47 Å². The maximum absolute atomic E-state index is 12.3. The Morgan fingerprint density at radius 1 is 1.23 bits per heavy atom. The number of amides is 1. The molecule has 2 rings (SSSR count). The van der Waals surface area contributed by atoms with Crippen LogP contribution in [-0.2, 0) is 22.3 Å². The van der Waals surface area contributed by atoms with Crippen molar-refractivity contribution in [3.05, 3.63) is 16.0 Å². The zero-order valence-corrected chi connectivity index (χ0v) is 14.2. The first kappa shape index (κ1) is 16.8. The monoisotopic (exact) mass is 325 g/mol. The molecule has 0 radical (unpaired) electrons. The summed E-state index contributed by atoms with van der Waals surface area (Å²) in [7, 11) is 0. The lowest BCUT2D eigenvalue weighted by Gasteiger charge is -2.20. The summed E-state index contributed by atoms with van der Waals surface area (Å²) in [5.74, 6) is 0.290. The molecule has 1 aliphatic rings. The van der Waals surface area contributed by atoms with Crippen molar-refractivity contribution in [3.63, 3.8) is 0 Å². The zero-order valence-electron chi connectivity index (χ0n) is 13.4. The second-order valence-corrected chi connectivity index (χ2v) is 6.40. The molecular formula is C16H23NO4S. The van der Waals surface area contributed by atoms with Crippen LogP contribution in [0.25, 0.3) is 0 Å². The molecule has 1 aromatic rings. The summed E-state index contributed by atoms with van der Waals surface area (Å²) in [5.41, 5.74) is 1.56. The number of carbonyl (C=O) groups excluding carboxylic acids is 2. The maximum Gasteiger partial charge on any atom is 0.412 e. The number of anilines is 1. The van der Waals surface area contributed by atoms with Gasteiger partial charge in [0.1, 0.15) is 5.00 Å². The first-order chi connectivity index (χ1) is 10.6. The van der Waals surface area contributed by atoms with Crippen molar-refractivity contribution in [3.8, 4) is 0 Å². The maximum atomic E-state index is 12.3. The van der Waals surface area contributed by atoms with E-state index in [2.05, 4.69) is 12.2 Å². The fourth-order valence-electron chi connectivity index (χ4n) is 2.77. The van der Waals surface area contributed by atoms with E-state index in [-0.39, 0.29) is 5.97 Å². The Balaban J connectivity index is 2.32. The Bertz CT molecular complexity index is 553. The van der Waals surface area contributed by atoms with E-state index in [1.807, 2.05) is 0 Å². The van der Waals surface area contributed by atoms with Crippen molar-refractivity contribution >= 4 is 28.4 Å². The topological polar surface area (TPSA) is 64.6 Å². The minimum absolute atomic E-state index is 0.295. The Morgan fingerprint density at radius 2 is 1.95 bits per heavy atom. The minimum Gasteiger partial charge on any atom is -0.462 e. The van der Waals surface area contributed by atoms with Crippen LogP contribution in [0, 0.1) is 5.92 Å². The highest BCUT2D eigenvalue weighted by Gasteiger charge is 2.29. The number of hydrogen-bond donors (Lipinski definition) is 1. The molecule has 0 aliphatic heterocycles. The number of hydrogen-bond acceptors (Lipinski definition) is 5. The molecule has 6 heteroatoms. The highest BCUT2D eigenvalue weighted by molar-refractivity contribution is 7.17. The van der Waals surface area contributed by atoms with Crippen LogP contribution >= 0.6 is 11.3 Å². The van der Waals surface area contributed by atoms with E-state index in [9.17, 15) is 9.59 Å². The third-order valence-corrected chi connectivity index (χ3v) is 5.09. The van der Waals surface area contributed by atoms with E-state index in [1.165, 1.54) is 16.2 Å². The van der Waals surface area contributed by atoms with Crippen molar-refractivity contribution in [2.24, 2.45) is 5.92 Å². The molecule has 1 aliphatic carbocycles. The van der Waals surface area contributed by atoms with Crippen LogP contribution in [-0.4, -0.2) is 25.3 Å². The van der Waals surface area contributed by atoms with Gasteiger partial charge in [-0.1, -0.05) is 13.3 Å². The highest BCUT2D eigenvalue weighted by atomic mass is 32.1. The standard InChI is InChI=1S/C16H23NO4S/c1-4-10-7-8-11-12(9-10)22-14(17-16(19)21-6-3)13(11)15(18)20-5-2/h10H,4-9H2,1-3H3,(H,17,19). The molecule has 1 N–H and O–H groups in total. The molecule has 0 aromatic carbocycles. The molecule has 0 fully saturated rings. The molecule has 0 bridgehead atoms. The molecule has 1 atom stereocenters. The zero-order chi connectivity index (χ0) is 16.1. The second kappa shape index (κ2) is 7.63. The van der Waals surface area contributed by atoms with Gasteiger partial charge in [-0.05, 0) is 44.6 Å². The summed E-state index contributed by atoms with van der Waals surface area (Å²) < 4.78 is 10.1. The molecule has 0 spiro atoms. The van der Waals surface area contributed by atoms with Crippen molar-refractivity contribution in [2.45, 2.75) is 46.5 Å². The van der Waals surface area contributed by atoms with Crippen molar-refractivity contribution in [1.29, 1.82) is 0 Å². The predicted molar refractivity (Wildman–Crippen MR) is 86.7 cm³/mol. The Labute approximate surface area is 135 Å². The molecule has 122 valence electrons. The van der Waals surface area contributed by atoms with Crippen molar-refractivity contribution in [2.75, 3.05) is 18.5 Å². The van der Waals surface area contributed by atoms with E-state index in [1.54, 1.807) is 13.8 Å². The molecular weight excluding hydrogens is 302 g/mol. The largest absolute Gasteiger partial charge is 0.462 e. The van der Waals surface area contributed by atoms with Gasteiger partial charge in [-0.3, -0.25) is 5.32 Å². The van der Waals surface area contributed by atoms with E-state index in [0.717, 1.165) is 31.2 Å². The van der Waals surface area contributed by atoms with Crippen LogP contribution in [0.15, 0.2) is 0 Å². The summed E-state index contributed by atoms with van der Waals surface area (Å²) in [5, 5.41) is 3.25. The van der Waals surface area contributed by atoms with Crippen LogP contribution in [0.4, 0.5) is 9.80 Å². The van der Waals surface area contributed by atoms with Gasteiger partial charge in [-0.25, -0.2) is 9.59 Å². The number of nitrogens with one attached hydrogen (secondary N) is 1. The van der Waals surface area contributed by atoms with Gasteiger partial charge in [0.05, 0.1) is 18.8 Å². The van der Waals surface area contributed by atoms with Gasteiger partial charge in [-0.15, -0.1) is 11.3 Å². The summed E-state index contributed by atoms with van der Waals surface area (Å²) >= 11 is 1.48. The van der Waals surface area contributed by atoms with Gasteiger partial charge in [0.25, 0.3) is 0 Å². The predicted octanol–water partition coefficient (Wildman–Crippen LogP) is 4.01. The van der Waals surface area contributed by atoms with Gasteiger partial charge in [0.15, 0.2) is 0 Å². The minimum atomic E-state index is -0.529. The fraction of sp³-hybridized carbons (Fsp3) is 0.625. The van der Waals surface area contributed by atoms with Gasteiger partial charge in [-0.2, -0.15) is 0 Å². The van der Waals surface area contributed by atoms with Crippen LogP contribution in [0.5, 0.6) is 0 Å². The first-order valence-electron chi connectivity index (χ1n) is 7.86. The molecule has 0 saturated heterocycles. The van der Waals surface area contributed by atoms with E-state index < -0.39 is 6.09 Å². The lowest BCUT2D eigenvalue weighted by molar-refractivity contribution is 0.0526. The van der Waals surface area contributed by atoms with Gasteiger partial charge in [0.2, 0.25) is 0 Å². The average molecular weight is 325 g/mol. The van der Waals surface area contributed by atoms with Crippen LogP contribution in [0.3, 0.4) is 0 Å². The Hall–Kier alpha value is -1.56. The van der Waals surface area contributed by atoms with E-state index in [0.29, 0.717) is 29.7 Å². The third-order valence-electron chi connectivity index (χ3n) is 3.92.